The maximum absolute atomic E-state index is 3.73. The molecule has 1 N–H and O–H groups in total. The minimum absolute atomic E-state index is 1.15. The molecule has 0 aromatic carbocycles. The third-order valence-electron chi connectivity index (χ3n) is 1.63. The Morgan fingerprint density at radius 1 is 1.44 bits per heavy atom. The van der Waals surface area contributed by atoms with Gasteiger partial charge in [-0.3, -0.25) is 0 Å². The van der Waals surface area contributed by atoms with Gasteiger partial charge in [-0.2, -0.15) is 11.8 Å². The molecule has 0 aromatic rings. The molecule has 0 spiro atoms. The first kappa shape index (κ1) is 7.16. The lowest BCUT2D eigenvalue weighted by atomic mass is 10.4. The zero-order valence-electron chi connectivity index (χ0n) is 5.73. The topological polar surface area (TPSA) is 4.44 Å². The maximum atomic E-state index is 3.73. The van der Waals surface area contributed by atoms with Crippen molar-refractivity contribution in [3.63, 3.8) is 0 Å². The molecule has 0 saturated carbocycles. The first-order chi connectivity index (χ1) is 4.43. The number of hydrogen-bond acceptors (Lipinski definition) is 1. The number of rotatable bonds is 2. The van der Waals surface area contributed by atoms with Crippen LogP contribution in [0.15, 0.2) is 12.7 Å². The van der Waals surface area contributed by atoms with Gasteiger partial charge in [0.15, 0.2) is 0 Å². The van der Waals surface area contributed by atoms with Crippen molar-refractivity contribution >= 4 is 11.8 Å². The first-order valence-corrected chi connectivity index (χ1v) is 4.61. The molecular weight excluding hydrogens is 130 g/mol. The minimum Gasteiger partial charge on any atom is -0.330 e. The van der Waals surface area contributed by atoms with Crippen molar-refractivity contribution in [1.29, 1.82) is 0 Å². The van der Waals surface area contributed by atoms with E-state index in [4.69, 9.17) is 0 Å². The molecule has 1 rings (SSSR count). The van der Waals surface area contributed by atoms with Crippen molar-refractivity contribution in [3.05, 3.63) is 12.7 Å². The van der Waals surface area contributed by atoms with E-state index in [-0.39, 0.29) is 0 Å². The highest BCUT2D eigenvalue weighted by molar-refractivity contribution is 7.99. The molecule has 1 saturated heterocycles. The van der Waals surface area contributed by atoms with Crippen LogP contribution in [0, 0.1) is 0 Å². The summed E-state index contributed by atoms with van der Waals surface area (Å²) >= 11 is 2.07. The summed E-state index contributed by atoms with van der Waals surface area (Å²) in [7, 11) is 0. The molecule has 0 atom stereocenters. The average molecular weight is 144 g/mol. The van der Waals surface area contributed by atoms with E-state index >= 15 is 0 Å². The summed E-state index contributed by atoms with van der Waals surface area (Å²) in [6.07, 6.45) is 2.02. The molecule has 1 heterocycles. The van der Waals surface area contributed by atoms with Gasteiger partial charge in [0, 0.05) is 11.5 Å². The standard InChI is InChI=1S/C7H13NS/c1-2-3-8-4-6-9-7-5-8/h2H,1,3-7H2/p+1. The Kier molecular flexibility index (Phi) is 3.15. The predicted octanol–water partition coefficient (Wildman–Crippen LogP) is -0.196. The third-order valence-corrected chi connectivity index (χ3v) is 2.62. The van der Waals surface area contributed by atoms with Crippen LogP contribution in [0.5, 0.6) is 0 Å². The second-order valence-corrected chi connectivity index (χ2v) is 3.58. The molecule has 0 aliphatic carbocycles. The number of quaternary nitrogens is 1. The van der Waals surface area contributed by atoms with Gasteiger partial charge in [0.05, 0.1) is 19.6 Å². The second kappa shape index (κ2) is 3.96. The van der Waals surface area contributed by atoms with Gasteiger partial charge >= 0.3 is 0 Å². The zero-order valence-corrected chi connectivity index (χ0v) is 6.54. The van der Waals surface area contributed by atoms with Crippen molar-refractivity contribution in [2.45, 2.75) is 0 Å². The largest absolute Gasteiger partial charge is 0.330 e. The van der Waals surface area contributed by atoms with Gasteiger partial charge in [0.1, 0.15) is 0 Å². The molecule has 0 aromatic heterocycles. The van der Waals surface area contributed by atoms with E-state index < -0.39 is 0 Å². The molecule has 1 aliphatic rings. The molecule has 0 bridgehead atoms. The summed E-state index contributed by atoms with van der Waals surface area (Å²) in [5.74, 6) is 2.67. The highest BCUT2D eigenvalue weighted by Crippen LogP contribution is 1.97. The van der Waals surface area contributed by atoms with Gasteiger partial charge in [-0.05, 0) is 6.08 Å². The summed E-state index contributed by atoms with van der Waals surface area (Å²) in [5.41, 5.74) is 0. The van der Waals surface area contributed by atoms with E-state index in [1.54, 1.807) is 4.90 Å². The smallest absolute Gasteiger partial charge is 0.0955 e. The molecule has 1 aliphatic heterocycles. The van der Waals surface area contributed by atoms with Crippen LogP contribution in [-0.2, 0) is 0 Å². The Balaban J connectivity index is 2.15. The molecule has 0 radical (unpaired) electrons. The Labute approximate surface area is 61.1 Å². The highest BCUT2D eigenvalue weighted by atomic mass is 32.2. The zero-order chi connectivity index (χ0) is 6.53. The molecule has 9 heavy (non-hydrogen) atoms. The van der Waals surface area contributed by atoms with Crippen molar-refractivity contribution in [3.8, 4) is 0 Å². The van der Waals surface area contributed by atoms with Gasteiger partial charge in [0.2, 0.25) is 0 Å². The van der Waals surface area contributed by atoms with Crippen LogP contribution in [-0.4, -0.2) is 31.1 Å². The summed E-state index contributed by atoms with van der Waals surface area (Å²) < 4.78 is 0. The second-order valence-electron chi connectivity index (χ2n) is 2.36. The van der Waals surface area contributed by atoms with Gasteiger partial charge in [0.25, 0.3) is 0 Å². The van der Waals surface area contributed by atoms with E-state index in [1.807, 2.05) is 6.08 Å². The number of hydrogen-bond donors (Lipinski definition) is 1. The van der Waals surface area contributed by atoms with E-state index in [2.05, 4.69) is 18.3 Å². The van der Waals surface area contributed by atoms with E-state index in [0.29, 0.717) is 0 Å². The lowest BCUT2D eigenvalue weighted by molar-refractivity contribution is -0.890. The van der Waals surface area contributed by atoms with Crippen molar-refractivity contribution < 1.29 is 4.90 Å². The van der Waals surface area contributed by atoms with Crippen molar-refractivity contribution in [1.82, 2.24) is 0 Å². The van der Waals surface area contributed by atoms with Gasteiger partial charge in [-0.25, -0.2) is 0 Å². The van der Waals surface area contributed by atoms with Crippen LogP contribution in [0.4, 0.5) is 0 Å². The fourth-order valence-corrected chi connectivity index (χ4v) is 2.14. The maximum Gasteiger partial charge on any atom is 0.0955 e. The third kappa shape index (κ3) is 2.41. The SMILES string of the molecule is C=CC[NH+]1CCSCC1. The van der Waals surface area contributed by atoms with Crippen molar-refractivity contribution in [2.24, 2.45) is 0 Å². The van der Waals surface area contributed by atoms with E-state index in [0.717, 1.165) is 6.54 Å². The molecule has 0 unspecified atom stereocenters. The Bertz CT molecular complexity index is 86.9. The lowest BCUT2D eigenvalue weighted by Crippen LogP contribution is -3.13. The van der Waals surface area contributed by atoms with Crippen LogP contribution < -0.4 is 4.90 Å². The minimum atomic E-state index is 1.15. The van der Waals surface area contributed by atoms with Crippen molar-refractivity contribution in [2.75, 3.05) is 31.1 Å². The Morgan fingerprint density at radius 2 is 2.11 bits per heavy atom. The van der Waals surface area contributed by atoms with Crippen LogP contribution in [0.25, 0.3) is 0 Å². The van der Waals surface area contributed by atoms with E-state index in [9.17, 15) is 0 Å². The quantitative estimate of drug-likeness (QED) is 0.526. The molecule has 1 fully saturated rings. The van der Waals surface area contributed by atoms with Gasteiger partial charge < -0.3 is 4.90 Å². The number of thioether (sulfide) groups is 1. The van der Waals surface area contributed by atoms with Gasteiger partial charge in [-0.1, -0.05) is 6.58 Å². The monoisotopic (exact) mass is 144 g/mol. The van der Waals surface area contributed by atoms with Gasteiger partial charge in [-0.15, -0.1) is 0 Å². The fourth-order valence-electron chi connectivity index (χ4n) is 1.07. The van der Waals surface area contributed by atoms with E-state index in [1.165, 1.54) is 24.6 Å². The normalized spacial score (nSPS) is 21.8. The Morgan fingerprint density at radius 3 is 2.67 bits per heavy atom. The molecule has 2 heteroatoms. The van der Waals surface area contributed by atoms with Crippen LogP contribution >= 0.6 is 11.8 Å². The lowest BCUT2D eigenvalue weighted by Gasteiger charge is -2.21. The summed E-state index contributed by atoms with van der Waals surface area (Å²) in [6.45, 7) is 7.54. The number of nitrogens with one attached hydrogen (secondary N) is 1. The molecule has 52 valence electrons. The molecular formula is C7H14NS+. The predicted molar refractivity (Wildman–Crippen MR) is 43.1 cm³/mol. The molecule has 0 amide bonds. The van der Waals surface area contributed by atoms with Crippen LogP contribution in [0.2, 0.25) is 0 Å². The van der Waals surface area contributed by atoms with Crippen LogP contribution in [0.3, 0.4) is 0 Å². The van der Waals surface area contributed by atoms with Crippen LogP contribution in [0.1, 0.15) is 0 Å². The summed E-state index contributed by atoms with van der Waals surface area (Å²) in [5, 5.41) is 0. The fraction of sp³-hybridized carbons (Fsp3) is 0.714. The summed E-state index contributed by atoms with van der Waals surface area (Å²) in [4.78, 5) is 1.70. The molecule has 1 nitrogen and oxygen atoms in total. The average Bonchev–Trinajstić information content (AvgIpc) is 1.91. The highest BCUT2D eigenvalue weighted by Gasteiger charge is 2.10. The summed E-state index contributed by atoms with van der Waals surface area (Å²) in [6, 6.07) is 0. The Hall–Kier alpha value is 0.0500. The first-order valence-electron chi connectivity index (χ1n) is 3.45.